The van der Waals surface area contributed by atoms with Crippen molar-refractivity contribution in [3.05, 3.63) is 35.6 Å². The second-order valence-electron chi connectivity index (χ2n) is 3.42. The Morgan fingerprint density at radius 2 is 2.00 bits per heavy atom. The number of hydrogen-bond donors (Lipinski definition) is 3. The molecule has 0 aliphatic carbocycles. The van der Waals surface area contributed by atoms with Crippen LogP contribution in [0.4, 0.5) is 4.39 Å². The maximum atomic E-state index is 12.6. The highest BCUT2D eigenvalue weighted by atomic mass is 19.1. The molecule has 0 aliphatic rings. The van der Waals surface area contributed by atoms with E-state index in [9.17, 15) is 14.3 Å². The molecule has 5 heteroatoms. The predicted molar refractivity (Wildman–Crippen MR) is 56.5 cm³/mol. The molecular formula is C11H14FNO3. The SMILES string of the molecule is O=C(O)CCNCC(O)c1ccc(F)cc1. The van der Waals surface area contributed by atoms with Gasteiger partial charge in [0.25, 0.3) is 0 Å². The molecule has 0 aromatic heterocycles. The number of aliphatic carboxylic acids is 1. The third-order valence-electron chi connectivity index (χ3n) is 2.11. The van der Waals surface area contributed by atoms with E-state index in [1.165, 1.54) is 24.3 Å². The summed E-state index contributed by atoms with van der Waals surface area (Å²) in [6.45, 7) is 0.548. The van der Waals surface area contributed by atoms with E-state index in [1.54, 1.807) is 0 Å². The third-order valence-corrected chi connectivity index (χ3v) is 2.11. The van der Waals surface area contributed by atoms with E-state index in [1.807, 2.05) is 0 Å². The Bertz CT molecular complexity index is 340. The summed E-state index contributed by atoms with van der Waals surface area (Å²) in [7, 11) is 0. The van der Waals surface area contributed by atoms with Crippen LogP contribution >= 0.6 is 0 Å². The van der Waals surface area contributed by atoms with Crippen molar-refractivity contribution in [1.29, 1.82) is 0 Å². The van der Waals surface area contributed by atoms with Gasteiger partial charge in [-0.1, -0.05) is 12.1 Å². The Morgan fingerprint density at radius 1 is 1.38 bits per heavy atom. The first-order valence-electron chi connectivity index (χ1n) is 4.95. The molecule has 1 unspecified atom stereocenters. The maximum Gasteiger partial charge on any atom is 0.304 e. The highest BCUT2D eigenvalue weighted by molar-refractivity contribution is 5.66. The van der Waals surface area contributed by atoms with Gasteiger partial charge in [0, 0.05) is 13.1 Å². The number of carbonyl (C=O) groups is 1. The lowest BCUT2D eigenvalue weighted by Gasteiger charge is -2.11. The maximum absolute atomic E-state index is 12.6. The molecule has 0 radical (unpaired) electrons. The Hall–Kier alpha value is -1.46. The summed E-state index contributed by atoms with van der Waals surface area (Å²) in [5, 5.41) is 20.8. The highest BCUT2D eigenvalue weighted by Gasteiger charge is 2.07. The molecule has 16 heavy (non-hydrogen) atoms. The van der Waals surface area contributed by atoms with Crippen LogP contribution in [0, 0.1) is 5.82 Å². The average Bonchev–Trinajstić information content (AvgIpc) is 2.25. The van der Waals surface area contributed by atoms with Crippen LogP contribution in [0.1, 0.15) is 18.1 Å². The van der Waals surface area contributed by atoms with Crippen LogP contribution < -0.4 is 5.32 Å². The van der Waals surface area contributed by atoms with Crippen molar-refractivity contribution in [2.75, 3.05) is 13.1 Å². The first-order chi connectivity index (χ1) is 7.59. The number of aliphatic hydroxyl groups excluding tert-OH is 1. The second kappa shape index (κ2) is 6.19. The van der Waals surface area contributed by atoms with E-state index in [0.717, 1.165) is 0 Å². The molecule has 0 bridgehead atoms. The molecule has 0 heterocycles. The van der Waals surface area contributed by atoms with Crippen molar-refractivity contribution >= 4 is 5.97 Å². The Labute approximate surface area is 92.7 Å². The fraction of sp³-hybridized carbons (Fsp3) is 0.364. The first kappa shape index (κ1) is 12.6. The van der Waals surface area contributed by atoms with E-state index in [4.69, 9.17) is 5.11 Å². The average molecular weight is 227 g/mol. The second-order valence-corrected chi connectivity index (χ2v) is 3.42. The topological polar surface area (TPSA) is 69.6 Å². The van der Waals surface area contributed by atoms with Gasteiger partial charge in [0.15, 0.2) is 0 Å². The van der Waals surface area contributed by atoms with Crippen molar-refractivity contribution in [3.8, 4) is 0 Å². The van der Waals surface area contributed by atoms with E-state index in [2.05, 4.69) is 5.32 Å². The molecule has 0 spiro atoms. The molecule has 3 N–H and O–H groups in total. The van der Waals surface area contributed by atoms with Gasteiger partial charge in [-0.05, 0) is 17.7 Å². The summed E-state index contributed by atoms with van der Waals surface area (Å²) in [6.07, 6.45) is -0.745. The van der Waals surface area contributed by atoms with Crippen LogP contribution in [0.3, 0.4) is 0 Å². The van der Waals surface area contributed by atoms with Crippen molar-refractivity contribution in [2.45, 2.75) is 12.5 Å². The van der Waals surface area contributed by atoms with Gasteiger partial charge >= 0.3 is 5.97 Å². The van der Waals surface area contributed by atoms with Gasteiger partial charge in [-0.25, -0.2) is 4.39 Å². The summed E-state index contributed by atoms with van der Waals surface area (Å²) in [6, 6.07) is 5.54. The Balaban J connectivity index is 2.32. The minimum atomic E-state index is -0.885. The summed E-state index contributed by atoms with van der Waals surface area (Å²) < 4.78 is 12.6. The minimum absolute atomic E-state index is 0.0101. The van der Waals surface area contributed by atoms with Gasteiger partial charge in [0.1, 0.15) is 5.82 Å². The van der Waals surface area contributed by atoms with Gasteiger partial charge in [-0.3, -0.25) is 4.79 Å². The van der Waals surface area contributed by atoms with Crippen molar-refractivity contribution < 1.29 is 19.4 Å². The minimum Gasteiger partial charge on any atom is -0.481 e. The summed E-state index contributed by atoms with van der Waals surface area (Å²) in [4.78, 5) is 10.2. The first-order valence-corrected chi connectivity index (χ1v) is 4.95. The zero-order valence-corrected chi connectivity index (χ0v) is 8.69. The van der Waals surface area contributed by atoms with Gasteiger partial charge in [-0.15, -0.1) is 0 Å². The van der Waals surface area contributed by atoms with Crippen LogP contribution in [0.5, 0.6) is 0 Å². The largest absolute Gasteiger partial charge is 0.481 e. The lowest BCUT2D eigenvalue weighted by Crippen LogP contribution is -2.24. The van der Waals surface area contributed by atoms with E-state index < -0.39 is 12.1 Å². The zero-order chi connectivity index (χ0) is 12.0. The lowest BCUT2D eigenvalue weighted by molar-refractivity contribution is -0.136. The number of benzene rings is 1. The highest BCUT2D eigenvalue weighted by Crippen LogP contribution is 2.12. The van der Waals surface area contributed by atoms with E-state index in [0.29, 0.717) is 12.1 Å². The van der Waals surface area contributed by atoms with Crippen LogP contribution in [0.15, 0.2) is 24.3 Å². The molecule has 0 saturated carbocycles. The molecule has 1 aromatic rings. The molecule has 1 aromatic carbocycles. The monoisotopic (exact) mass is 227 g/mol. The molecule has 1 rings (SSSR count). The molecular weight excluding hydrogens is 213 g/mol. The fourth-order valence-corrected chi connectivity index (χ4v) is 1.24. The third kappa shape index (κ3) is 4.37. The number of halogens is 1. The summed E-state index contributed by atoms with van der Waals surface area (Å²) in [5.74, 6) is -1.24. The lowest BCUT2D eigenvalue weighted by atomic mass is 10.1. The molecule has 4 nitrogen and oxygen atoms in total. The van der Waals surface area contributed by atoms with Crippen LogP contribution in [-0.2, 0) is 4.79 Å². The van der Waals surface area contributed by atoms with Gasteiger partial charge in [-0.2, -0.15) is 0 Å². The standard InChI is InChI=1S/C11H14FNO3/c12-9-3-1-8(2-4-9)10(14)7-13-6-5-11(15)16/h1-4,10,13-14H,5-7H2,(H,15,16). The molecule has 88 valence electrons. The number of nitrogens with one attached hydrogen (secondary N) is 1. The van der Waals surface area contributed by atoms with Crippen molar-refractivity contribution in [3.63, 3.8) is 0 Å². The summed E-state index contributed by atoms with van der Waals surface area (Å²) in [5.41, 5.74) is 0.601. The van der Waals surface area contributed by atoms with Crippen LogP contribution in [0.2, 0.25) is 0 Å². The van der Waals surface area contributed by atoms with E-state index in [-0.39, 0.29) is 18.8 Å². The number of carboxylic acid groups (broad SMARTS) is 1. The number of hydrogen-bond acceptors (Lipinski definition) is 3. The van der Waals surface area contributed by atoms with Crippen LogP contribution in [0.25, 0.3) is 0 Å². The van der Waals surface area contributed by atoms with Crippen LogP contribution in [-0.4, -0.2) is 29.3 Å². The number of carboxylic acids is 1. The van der Waals surface area contributed by atoms with Gasteiger partial charge < -0.3 is 15.5 Å². The molecule has 1 atom stereocenters. The molecule has 0 aliphatic heterocycles. The van der Waals surface area contributed by atoms with Crippen molar-refractivity contribution in [2.24, 2.45) is 0 Å². The van der Waals surface area contributed by atoms with Gasteiger partial charge in [0.05, 0.1) is 12.5 Å². The predicted octanol–water partition coefficient (Wildman–Crippen LogP) is 0.923. The Kier molecular flexibility index (Phi) is 4.88. The zero-order valence-electron chi connectivity index (χ0n) is 8.69. The smallest absolute Gasteiger partial charge is 0.304 e. The molecule has 0 fully saturated rings. The quantitative estimate of drug-likeness (QED) is 0.632. The molecule has 0 saturated heterocycles. The molecule has 0 amide bonds. The Morgan fingerprint density at radius 3 is 2.56 bits per heavy atom. The summed E-state index contributed by atoms with van der Waals surface area (Å²) >= 11 is 0. The normalized spacial score (nSPS) is 12.4. The number of rotatable bonds is 6. The number of aliphatic hydroxyl groups is 1. The van der Waals surface area contributed by atoms with Crippen molar-refractivity contribution in [1.82, 2.24) is 5.32 Å². The fourth-order valence-electron chi connectivity index (χ4n) is 1.24. The van der Waals surface area contributed by atoms with Gasteiger partial charge in [0.2, 0.25) is 0 Å². The van der Waals surface area contributed by atoms with E-state index >= 15 is 0 Å².